The van der Waals surface area contributed by atoms with Crippen LogP contribution in [0.25, 0.3) is 0 Å². The van der Waals surface area contributed by atoms with Crippen LogP contribution in [-0.4, -0.2) is 5.11 Å². The van der Waals surface area contributed by atoms with Gasteiger partial charge < -0.3 is 32.8 Å². The maximum absolute atomic E-state index is 9.29. The van der Waals surface area contributed by atoms with Gasteiger partial charge in [-0.15, -0.1) is 0 Å². The van der Waals surface area contributed by atoms with Crippen LogP contribution in [0.2, 0.25) is 0 Å². The molecule has 9 heteroatoms. The van der Waals surface area contributed by atoms with Crippen LogP contribution in [0.5, 0.6) is 5.75 Å². The van der Waals surface area contributed by atoms with E-state index in [9.17, 15) is 9.79 Å². The molecular weight excluding hydrogens is 308 g/mol. The summed E-state index contributed by atoms with van der Waals surface area (Å²) < 4.78 is 0. The van der Waals surface area contributed by atoms with E-state index in [1.165, 1.54) is 0 Å². The quantitative estimate of drug-likeness (QED) is 0.292. The third kappa shape index (κ3) is 18.9. The van der Waals surface area contributed by atoms with Gasteiger partial charge in [0, 0.05) is 0 Å². The number of phenolic OH excluding ortho intramolecular Hbond substituents is 1. The second kappa shape index (κ2) is 13.9. The van der Waals surface area contributed by atoms with Crippen molar-refractivity contribution in [2.75, 3.05) is 0 Å². The first-order valence-corrected chi connectivity index (χ1v) is 7.35. The molecule has 0 heterocycles. The van der Waals surface area contributed by atoms with Gasteiger partial charge in [0.05, 0.1) is 0 Å². The van der Waals surface area contributed by atoms with Crippen molar-refractivity contribution in [1.29, 1.82) is 0 Å². The fourth-order valence-electron chi connectivity index (χ4n) is 0.736. The SMILES string of the molecule is Cc1cccc(O)c1C.[Na+].[Na+].[Na+].[O-]P([O-])(=S)[S-]. The number of hydrogen-bond acceptors (Lipinski definition) is 5. The Hall–Kier alpha value is 2.94. The van der Waals surface area contributed by atoms with Crippen LogP contribution < -0.4 is 98.5 Å². The second-order valence-electron chi connectivity index (χ2n) is 2.67. The Morgan fingerprint density at radius 1 is 1.18 bits per heavy atom. The van der Waals surface area contributed by atoms with Gasteiger partial charge >= 0.3 is 88.7 Å². The summed E-state index contributed by atoms with van der Waals surface area (Å²) >= 11 is 7.28. The number of aryl methyl sites for hydroxylation is 1. The summed E-state index contributed by atoms with van der Waals surface area (Å²) in [7, 11) is 0. The Labute approximate surface area is 179 Å². The molecule has 0 atom stereocenters. The third-order valence-corrected chi connectivity index (χ3v) is 1.58. The van der Waals surface area contributed by atoms with E-state index in [-0.39, 0.29) is 88.7 Å². The van der Waals surface area contributed by atoms with E-state index in [0.717, 1.165) is 11.1 Å². The summed E-state index contributed by atoms with van der Waals surface area (Å²) in [6, 6.07) is 5.52. The van der Waals surface area contributed by atoms with Crippen LogP contribution in [0.3, 0.4) is 0 Å². The molecule has 0 fully saturated rings. The van der Waals surface area contributed by atoms with Gasteiger partial charge in [-0.3, -0.25) is 0 Å². The van der Waals surface area contributed by atoms with E-state index < -0.39 is 5.69 Å². The van der Waals surface area contributed by atoms with Gasteiger partial charge in [-0.1, -0.05) is 12.1 Å². The molecule has 17 heavy (non-hydrogen) atoms. The molecule has 0 saturated carbocycles. The van der Waals surface area contributed by atoms with Gasteiger partial charge in [0.25, 0.3) is 0 Å². The molecule has 0 aliphatic rings. The van der Waals surface area contributed by atoms with Gasteiger partial charge in [-0.25, -0.2) is 0 Å². The zero-order valence-electron chi connectivity index (χ0n) is 10.8. The molecule has 0 amide bonds. The molecule has 3 nitrogen and oxygen atoms in total. The summed E-state index contributed by atoms with van der Waals surface area (Å²) in [6.07, 6.45) is 0. The zero-order chi connectivity index (χ0) is 11.4. The van der Waals surface area contributed by atoms with Crippen LogP contribution in [0, 0.1) is 13.8 Å². The summed E-state index contributed by atoms with van der Waals surface area (Å²) in [4.78, 5) is 18.6. The molecule has 1 rings (SSSR count). The minimum atomic E-state index is -3.72. The number of rotatable bonds is 0. The largest absolute Gasteiger partial charge is 1.00 e. The van der Waals surface area contributed by atoms with Crippen molar-refractivity contribution in [3.8, 4) is 5.75 Å². The van der Waals surface area contributed by atoms with Crippen LogP contribution in [0.1, 0.15) is 11.1 Å². The summed E-state index contributed by atoms with van der Waals surface area (Å²) in [5, 5.41) is 9.10. The van der Waals surface area contributed by atoms with Crippen molar-refractivity contribution in [3.05, 3.63) is 29.3 Å². The van der Waals surface area contributed by atoms with Crippen molar-refractivity contribution < 1.29 is 104 Å². The van der Waals surface area contributed by atoms with Gasteiger partial charge in [0.15, 0.2) is 0 Å². The zero-order valence-corrected chi connectivity index (χ0v) is 19.3. The molecule has 1 N–H and O–H groups in total. The fourth-order valence-corrected chi connectivity index (χ4v) is 0.736. The van der Waals surface area contributed by atoms with E-state index in [2.05, 4.69) is 24.1 Å². The topological polar surface area (TPSA) is 66.3 Å². The Kier molecular flexibility index (Phi) is 23.0. The molecule has 0 aliphatic carbocycles. The predicted molar refractivity (Wildman–Crippen MR) is 59.2 cm³/mol. The molecule has 1 aromatic carbocycles. The van der Waals surface area contributed by atoms with Crippen molar-refractivity contribution in [3.63, 3.8) is 0 Å². The Balaban J connectivity index is -0.0000000948. The molecule has 0 unspecified atom stereocenters. The van der Waals surface area contributed by atoms with Crippen molar-refractivity contribution in [2.45, 2.75) is 13.8 Å². The molecule has 0 spiro atoms. The minimum absolute atomic E-state index is 0. The monoisotopic (exact) mass is 318 g/mol. The molecule has 0 saturated heterocycles. The van der Waals surface area contributed by atoms with Gasteiger partial charge in [-0.2, -0.15) is 11.8 Å². The van der Waals surface area contributed by atoms with Gasteiger partial charge in [0.1, 0.15) is 5.75 Å². The molecule has 0 radical (unpaired) electrons. The number of hydrogen-bond donors (Lipinski definition) is 1. The van der Waals surface area contributed by atoms with E-state index >= 15 is 0 Å². The van der Waals surface area contributed by atoms with E-state index in [1.54, 1.807) is 6.07 Å². The van der Waals surface area contributed by atoms with Crippen LogP contribution in [0.4, 0.5) is 0 Å². The molecule has 0 aliphatic heterocycles. The minimum Gasteiger partial charge on any atom is -0.850 e. The van der Waals surface area contributed by atoms with Crippen molar-refractivity contribution in [2.24, 2.45) is 0 Å². The van der Waals surface area contributed by atoms with Crippen molar-refractivity contribution >= 4 is 29.7 Å². The van der Waals surface area contributed by atoms with Crippen LogP contribution >= 0.6 is 5.69 Å². The van der Waals surface area contributed by atoms with Gasteiger partial charge in [-0.05, 0) is 31.0 Å². The average molecular weight is 318 g/mol. The first-order chi connectivity index (χ1) is 6.22. The van der Waals surface area contributed by atoms with E-state index in [1.807, 2.05) is 26.0 Å². The van der Waals surface area contributed by atoms with E-state index in [4.69, 9.17) is 5.11 Å². The predicted octanol–water partition coefficient (Wildman–Crippen LogP) is -8.50. The maximum Gasteiger partial charge on any atom is 1.00 e. The maximum atomic E-state index is 9.29. The first kappa shape index (κ1) is 28.2. The van der Waals surface area contributed by atoms with Crippen LogP contribution in [0.15, 0.2) is 18.2 Å². The number of phenols is 1. The first-order valence-electron chi connectivity index (χ1n) is 3.70. The van der Waals surface area contributed by atoms with Crippen molar-refractivity contribution in [1.82, 2.24) is 0 Å². The molecule has 0 aromatic heterocycles. The van der Waals surface area contributed by atoms with Crippen LogP contribution in [-0.2, 0) is 24.1 Å². The Morgan fingerprint density at radius 2 is 1.53 bits per heavy atom. The normalized spacial score (nSPS) is 8.53. The third-order valence-electron chi connectivity index (χ3n) is 1.58. The number of aromatic hydroxyl groups is 1. The second-order valence-corrected chi connectivity index (χ2v) is 7.14. The summed E-state index contributed by atoms with van der Waals surface area (Å²) in [5.41, 5.74) is -1.62. The van der Waals surface area contributed by atoms with Gasteiger partial charge in [0.2, 0.25) is 0 Å². The fraction of sp³-hybridized carbons (Fsp3) is 0.250. The standard InChI is InChI=1S/C8H10O.3Na.H3O2PS2/c1-6-4-3-5-8(9)7(6)2;;;;1-3(2,4)5/h3-5,9H,1-2H3;;;;(H3,1,2,4,5)/q;3*+1;/p-3. The smallest absolute Gasteiger partial charge is 0.850 e. The number of benzene rings is 1. The molecule has 80 valence electrons. The Morgan fingerprint density at radius 3 is 1.76 bits per heavy atom. The van der Waals surface area contributed by atoms with E-state index in [0.29, 0.717) is 5.75 Å². The summed E-state index contributed by atoms with van der Waals surface area (Å²) in [6.45, 7) is 3.89. The molecular formula is C8H10Na3O3PS2. The molecule has 1 aromatic rings. The molecule has 0 bridgehead atoms. The Bertz CT molecular complexity index is 331. The summed E-state index contributed by atoms with van der Waals surface area (Å²) in [5.74, 6) is 0.384. The average Bonchev–Trinajstić information content (AvgIpc) is 1.97.